The highest BCUT2D eigenvalue weighted by Crippen LogP contribution is 2.42. The molecule has 11 heteroatoms. The quantitative estimate of drug-likeness (QED) is 0.164. The Hall–Kier alpha value is -5.00. The van der Waals surface area contributed by atoms with E-state index >= 15 is 0 Å². The molecule has 2 heterocycles. The molecule has 0 spiro atoms. The van der Waals surface area contributed by atoms with Gasteiger partial charge >= 0.3 is 11.6 Å². The molecule has 0 bridgehead atoms. The Bertz CT molecular complexity index is 1920. The number of hydrogen-bond donors (Lipinski definition) is 2. The fourth-order valence-electron chi connectivity index (χ4n) is 5.55. The number of aromatic nitrogens is 1. The van der Waals surface area contributed by atoms with Crippen molar-refractivity contribution >= 4 is 27.8 Å². The molecule has 0 atom stereocenters. The van der Waals surface area contributed by atoms with Gasteiger partial charge in [0.2, 0.25) is 0 Å². The van der Waals surface area contributed by atoms with Crippen LogP contribution in [0.15, 0.2) is 57.7 Å². The van der Waals surface area contributed by atoms with Gasteiger partial charge in [-0.3, -0.25) is 0 Å². The Kier molecular flexibility index (Phi) is 8.79. The van der Waals surface area contributed by atoms with Crippen molar-refractivity contribution in [2.75, 3.05) is 35.5 Å². The van der Waals surface area contributed by atoms with Gasteiger partial charge in [0.25, 0.3) is 0 Å². The minimum atomic E-state index is -0.673. The lowest BCUT2D eigenvalue weighted by molar-refractivity contribution is 0.0590. The molecule has 230 valence electrons. The van der Waals surface area contributed by atoms with Crippen LogP contribution in [0.5, 0.6) is 23.0 Å². The summed E-state index contributed by atoms with van der Waals surface area (Å²) in [5.74, 6) is 1.20. The molecule has 0 radical (unpaired) electrons. The molecule has 0 saturated carbocycles. The number of aliphatic hydroxyl groups excluding tert-OH is 2. The average Bonchev–Trinajstić information content (AvgIpc) is 3.41. The molecule has 0 aliphatic rings. The summed E-state index contributed by atoms with van der Waals surface area (Å²) in [6, 6.07) is 13.8. The van der Waals surface area contributed by atoms with E-state index in [0.717, 1.165) is 5.56 Å². The molecule has 44 heavy (non-hydrogen) atoms. The smallest absolute Gasteiger partial charge is 0.361 e. The van der Waals surface area contributed by atoms with Crippen LogP contribution in [0.2, 0.25) is 0 Å². The molecule has 2 aromatic heterocycles. The maximum absolute atomic E-state index is 13.8. The van der Waals surface area contributed by atoms with Crippen LogP contribution in [0.4, 0.5) is 0 Å². The van der Waals surface area contributed by atoms with Crippen molar-refractivity contribution in [1.82, 2.24) is 4.57 Å². The van der Waals surface area contributed by atoms with Gasteiger partial charge in [-0.2, -0.15) is 0 Å². The first-order chi connectivity index (χ1) is 21.3. The standard InChI is InChI=1S/C33H33NO10/c1-39-23-9-6-18(12-25(23)40-2)10-11-34-30(32(37)43-5)28(19-7-8-20(16-35)21(13-19)17-36)29-22-14-26(41-3)27(42-4)15-24(22)44-33(38)31(29)34/h6-9,12-15,35-36H,10-11,16-17H2,1-5H3. The summed E-state index contributed by atoms with van der Waals surface area (Å²) >= 11 is 0. The summed E-state index contributed by atoms with van der Waals surface area (Å²) < 4.78 is 34.5. The lowest BCUT2D eigenvalue weighted by Crippen LogP contribution is -2.16. The first-order valence-corrected chi connectivity index (χ1v) is 13.7. The molecule has 5 rings (SSSR count). The number of rotatable bonds is 11. The number of nitrogens with zero attached hydrogens (tertiary/aromatic N) is 1. The average molecular weight is 604 g/mol. The molecule has 0 aliphatic carbocycles. The van der Waals surface area contributed by atoms with Gasteiger partial charge in [0.1, 0.15) is 16.8 Å². The molecule has 2 N–H and O–H groups in total. The maximum atomic E-state index is 13.8. The number of aryl methyl sites for hydroxylation is 2. The van der Waals surface area contributed by atoms with E-state index in [9.17, 15) is 19.8 Å². The van der Waals surface area contributed by atoms with E-state index in [1.54, 1.807) is 55.2 Å². The zero-order valence-corrected chi connectivity index (χ0v) is 25.1. The lowest BCUT2D eigenvalue weighted by atomic mass is 9.96. The van der Waals surface area contributed by atoms with Gasteiger partial charge < -0.3 is 42.9 Å². The fourth-order valence-corrected chi connectivity index (χ4v) is 5.55. The third-order valence-electron chi connectivity index (χ3n) is 7.70. The van der Waals surface area contributed by atoms with E-state index in [-0.39, 0.29) is 36.6 Å². The number of fused-ring (bicyclic) bond motifs is 3. The van der Waals surface area contributed by atoms with Crippen LogP contribution < -0.4 is 24.6 Å². The third kappa shape index (κ3) is 5.20. The Morgan fingerprint density at radius 3 is 2.09 bits per heavy atom. The highest BCUT2D eigenvalue weighted by Gasteiger charge is 2.30. The first kappa shape index (κ1) is 30.5. The van der Waals surface area contributed by atoms with Crippen molar-refractivity contribution in [1.29, 1.82) is 0 Å². The Morgan fingerprint density at radius 2 is 1.45 bits per heavy atom. The maximum Gasteiger partial charge on any atom is 0.361 e. The normalized spacial score (nSPS) is 11.2. The number of ether oxygens (including phenoxy) is 5. The van der Waals surface area contributed by atoms with E-state index in [2.05, 4.69) is 0 Å². The molecule has 5 aromatic rings. The van der Waals surface area contributed by atoms with E-state index < -0.39 is 11.6 Å². The molecule has 0 amide bonds. The van der Waals surface area contributed by atoms with Crippen molar-refractivity contribution in [3.63, 3.8) is 0 Å². The predicted octanol–water partition coefficient (Wildman–Crippen LogP) is 4.46. The molecular formula is C33H33NO10. The highest BCUT2D eigenvalue weighted by molar-refractivity contribution is 6.18. The van der Waals surface area contributed by atoms with Gasteiger partial charge in [-0.25, -0.2) is 9.59 Å². The Labute approximate surface area is 252 Å². The van der Waals surface area contributed by atoms with Gasteiger partial charge in [-0.15, -0.1) is 0 Å². The van der Waals surface area contributed by atoms with E-state index in [0.29, 0.717) is 62.4 Å². The van der Waals surface area contributed by atoms with Crippen molar-refractivity contribution in [3.8, 4) is 34.1 Å². The molecule has 11 nitrogen and oxygen atoms in total. The molecule has 0 fully saturated rings. The topological polar surface area (TPSA) is 139 Å². The summed E-state index contributed by atoms with van der Waals surface area (Å²) in [7, 11) is 7.34. The zero-order chi connectivity index (χ0) is 31.5. The van der Waals surface area contributed by atoms with Crippen LogP contribution in [0.25, 0.3) is 33.0 Å². The van der Waals surface area contributed by atoms with Crippen LogP contribution >= 0.6 is 0 Å². The number of hydrogen-bond acceptors (Lipinski definition) is 10. The largest absolute Gasteiger partial charge is 0.493 e. The van der Waals surface area contributed by atoms with Gasteiger partial charge in [0.15, 0.2) is 23.0 Å². The molecule has 0 saturated heterocycles. The van der Waals surface area contributed by atoms with Gasteiger partial charge in [0, 0.05) is 28.9 Å². The highest BCUT2D eigenvalue weighted by atomic mass is 16.5. The van der Waals surface area contributed by atoms with Crippen LogP contribution in [-0.4, -0.2) is 56.3 Å². The second-order valence-corrected chi connectivity index (χ2v) is 9.92. The number of carbonyl (C=O) groups is 1. The number of methoxy groups -OCH3 is 5. The molecule has 0 unspecified atom stereocenters. The van der Waals surface area contributed by atoms with E-state index in [4.69, 9.17) is 28.1 Å². The van der Waals surface area contributed by atoms with Crippen molar-refractivity contribution in [3.05, 3.63) is 81.3 Å². The van der Waals surface area contributed by atoms with Gasteiger partial charge in [-0.1, -0.05) is 18.2 Å². The number of esters is 1. The number of aliphatic hydroxyl groups is 2. The second-order valence-electron chi connectivity index (χ2n) is 9.92. The van der Waals surface area contributed by atoms with E-state index in [1.165, 1.54) is 21.3 Å². The van der Waals surface area contributed by atoms with Crippen molar-refractivity contribution in [2.24, 2.45) is 0 Å². The van der Waals surface area contributed by atoms with Crippen LogP contribution in [0.3, 0.4) is 0 Å². The van der Waals surface area contributed by atoms with Crippen molar-refractivity contribution < 1.29 is 43.1 Å². The summed E-state index contributed by atoms with van der Waals surface area (Å²) in [6.07, 6.45) is 0.405. The monoisotopic (exact) mass is 603 g/mol. The lowest BCUT2D eigenvalue weighted by Gasteiger charge is -2.13. The molecular weight excluding hydrogens is 570 g/mol. The third-order valence-corrected chi connectivity index (χ3v) is 7.70. The minimum Gasteiger partial charge on any atom is -0.493 e. The van der Waals surface area contributed by atoms with Crippen LogP contribution in [0, 0.1) is 0 Å². The molecule has 0 aliphatic heterocycles. The fraction of sp³-hybridized carbons (Fsp3) is 0.273. The predicted molar refractivity (Wildman–Crippen MR) is 163 cm³/mol. The summed E-state index contributed by atoms with van der Waals surface area (Å²) in [4.78, 5) is 27.4. The first-order valence-electron chi connectivity index (χ1n) is 13.7. The van der Waals surface area contributed by atoms with Crippen molar-refractivity contribution in [2.45, 2.75) is 26.2 Å². The van der Waals surface area contributed by atoms with E-state index in [1.807, 2.05) is 12.1 Å². The SMILES string of the molecule is COC(=O)c1c(-c2ccc(CO)c(CO)c2)c2c3cc(OC)c(OC)cc3oc(=O)c2n1CCc1ccc(OC)c(OC)c1. The summed E-state index contributed by atoms with van der Waals surface area (Å²) in [5.41, 5.74) is 2.64. The van der Waals surface area contributed by atoms with Gasteiger partial charge in [-0.05, 0) is 52.9 Å². The molecule has 3 aromatic carbocycles. The second kappa shape index (κ2) is 12.7. The number of benzene rings is 3. The number of carbonyl (C=O) groups excluding carboxylic acids is 1. The summed E-state index contributed by atoms with van der Waals surface area (Å²) in [6.45, 7) is -0.429. The zero-order valence-electron chi connectivity index (χ0n) is 25.1. The Balaban J connectivity index is 1.87. The summed E-state index contributed by atoms with van der Waals surface area (Å²) in [5, 5.41) is 20.8. The Morgan fingerprint density at radius 1 is 0.795 bits per heavy atom. The van der Waals surface area contributed by atoms with Gasteiger partial charge in [0.05, 0.1) is 48.8 Å². The van der Waals surface area contributed by atoms with Crippen LogP contribution in [-0.2, 0) is 30.9 Å². The minimum absolute atomic E-state index is 0.123. The van der Waals surface area contributed by atoms with Crippen LogP contribution in [0.1, 0.15) is 27.2 Å².